The van der Waals surface area contributed by atoms with Gasteiger partial charge in [-0.1, -0.05) is 32.4 Å². The predicted octanol–water partition coefficient (Wildman–Crippen LogP) is 4.71. The lowest BCUT2D eigenvalue weighted by atomic mass is 9.82. The first-order chi connectivity index (χ1) is 8.99. The summed E-state index contributed by atoms with van der Waals surface area (Å²) in [6.07, 6.45) is 0. The molecule has 0 bridgehead atoms. The van der Waals surface area contributed by atoms with Crippen molar-refractivity contribution in [1.82, 2.24) is 0 Å². The van der Waals surface area contributed by atoms with Crippen LogP contribution in [0.1, 0.15) is 20.8 Å². The highest BCUT2D eigenvalue weighted by Gasteiger charge is 2.29. The molecule has 0 amide bonds. The molecular formula is C13H17BrCl2O3S. The molecule has 7 heteroatoms. The van der Waals surface area contributed by atoms with Gasteiger partial charge in [0.15, 0.2) is 0 Å². The molecule has 0 N–H and O–H groups in total. The summed E-state index contributed by atoms with van der Waals surface area (Å²) in [5.74, 6) is 0.284. The van der Waals surface area contributed by atoms with E-state index in [1.807, 2.05) is 20.8 Å². The van der Waals surface area contributed by atoms with E-state index >= 15 is 0 Å². The number of hydrogen-bond acceptors (Lipinski definition) is 3. The third kappa shape index (κ3) is 6.20. The van der Waals surface area contributed by atoms with Crippen LogP contribution in [0.5, 0.6) is 5.75 Å². The standard InChI is InChI=1S/C13H17BrCl2O3S/c1-13(2,3)9(8-20(16,17)18)7-19-12-5-4-10(15)6-11(12)14/h4-6,9H,7-8H2,1-3H3. The maximum Gasteiger partial charge on any atom is 0.233 e. The van der Waals surface area contributed by atoms with Crippen molar-refractivity contribution in [2.24, 2.45) is 11.3 Å². The molecule has 1 aromatic rings. The highest BCUT2D eigenvalue weighted by Crippen LogP contribution is 2.32. The second-order valence-electron chi connectivity index (χ2n) is 5.65. The molecule has 1 atom stereocenters. The molecule has 3 nitrogen and oxygen atoms in total. The smallest absolute Gasteiger partial charge is 0.233 e. The van der Waals surface area contributed by atoms with E-state index in [-0.39, 0.29) is 23.7 Å². The molecule has 1 rings (SSSR count). The van der Waals surface area contributed by atoms with Crippen molar-refractivity contribution < 1.29 is 13.2 Å². The van der Waals surface area contributed by atoms with Gasteiger partial charge in [-0.05, 0) is 39.5 Å². The Hall–Kier alpha value is 0.0300. The molecule has 0 aliphatic rings. The van der Waals surface area contributed by atoms with Gasteiger partial charge in [-0.15, -0.1) is 0 Å². The zero-order valence-electron chi connectivity index (χ0n) is 11.5. The predicted molar refractivity (Wildman–Crippen MR) is 87.2 cm³/mol. The summed E-state index contributed by atoms with van der Waals surface area (Å²) in [6.45, 7) is 6.13. The fraction of sp³-hybridized carbons (Fsp3) is 0.538. The van der Waals surface area contributed by atoms with Gasteiger partial charge in [0.1, 0.15) is 5.75 Å². The monoisotopic (exact) mass is 402 g/mol. The van der Waals surface area contributed by atoms with Gasteiger partial charge in [0.05, 0.1) is 16.8 Å². The Morgan fingerprint density at radius 1 is 1.35 bits per heavy atom. The van der Waals surface area contributed by atoms with Crippen LogP contribution in [0.3, 0.4) is 0 Å². The number of ether oxygens (including phenoxy) is 1. The van der Waals surface area contributed by atoms with E-state index < -0.39 is 9.05 Å². The third-order valence-electron chi connectivity index (χ3n) is 2.96. The number of rotatable bonds is 5. The summed E-state index contributed by atoms with van der Waals surface area (Å²) in [7, 11) is 1.79. The van der Waals surface area contributed by atoms with Gasteiger partial charge < -0.3 is 4.74 Å². The highest BCUT2D eigenvalue weighted by molar-refractivity contribution is 9.10. The van der Waals surface area contributed by atoms with Crippen molar-refractivity contribution in [1.29, 1.82) is 0 Å². The van der Waals surface area contributed by atoms with E-state index in [4.69, 9.17) is 27.0 Å². The van der Waals surface area contributed by atoms with Crippen LogP contribution in [0.4, 0.5) is 0 Å². The van der Waals surface area contributed by atoms with Crippen LogP contribution >= 0.6 is 38.2 Å². The SMILES string of the molecule is CC(C)(C)C(COc1ccc(Cl)cc1Br)CS(=O)(=O)Cl. The van der Waals surface area contributed by atoms with Crippen LogP contribution in [-0.2, 0) is 9.05 Å². The summed E-state index contributed by atoms with van der Waals surface area (Å²) in [4.78, 5) is 0. The van der Waals surface area contributed by atoms with Crippen LogP contribution in [0.15, 0.2) is 22.7 Å². The maximum atomic E-state index is 11.3. The summed E-state index contributed by atoms with van der Waals surface area (Å²) >= 11 is 9.21. The summed E-state index contributed by atoms with van der Waals surface area (Å²) in [5.41, 5.74) is -0.235. The Labute approximate surface area is 138 Å². The Morgan fingerprint density at radius 3 is 2.40 bits per heavy atom. The van der Waals surface area contributed by atoms with Crippen LogP contribution in [0, 0.1) is 11.3 Å². The van der Waals surface area contributed by atoms with Gasteiger partial charge in [-0.25, -0.2) is 8.42 Å². The third-order valence-corrected chi connectivity index (χ3v) is 4.99. The molecule has 0 radical (unpaired) electrons. The zero-order chi connectivity index (χ0) is 15.6. The van der Waals surface area contributed by atoms with E-state index in [0.29, 0.717) is 10.8 Å². The molecule has 1 aromatic carbocycles. The molecule has 0 fully saturated rings. The quantitative estimate of drug-likeness (QED) is 0.668. The normalized spacial score (nSPS) is 14.1. The fourth-order valence-corrected chi connectivity index (χ4v) is 3.90. The Morgan fingerprint density at radius 2 is 1.95 bits per heavy atom. The van der Waals surface area contributed by atoms with Gasteiger partial charge in [0.2, 0.25) is 9.05 Å². The molecule has 114 valence electrons. The first kappa shape index (κ1) is 18.1. The number of benzene rings is 1. The molecule has 0 aliphatic heterocycles. The van der Waals surface area contributed by atoms with E-state index in [9.17, 15) is 8.42 Å². The molecule has 0 saturated carbocycles. The van der Waals surface area contributed by atoms with Crippen LogP contribution in [0.2, 0.25) is 5.02 Å². The molecular weight excluding hydrogens is 387 g/mol. The van der Waals surface area contributed by atoms with Crippen LogP contribution in [-0.4, -0.2) is 20.8 Å². The van der Waals surface area contributed by atoms with E-state index in [2.05, 4.69) is 15.9 Å². The minimum Gasteiger partial charge on any atom is -0.492 e. The van der Waals surface area contributed by atoms with Gasteiger partial charge in [-0.3, -0.25) is 0 Å². The summed E-state index contributed by atoms with van der Waals surface area (Å²) < 4.78 is 29.0. The average molecular weight is 404 g/mol. The zero-order valence-corrected chi connectivity index (χ0v) is 15.4. The Bertz CT molecular complexity index is 567. The van der Waals surface area contributed by atoms with Crippen molar-refractivity contribution in [3.8, 4) is 5.75 Å². The fourth-order valence-electron chi connectivity index (χ4n) is 1.57. The Balaban J connectivity index is 2.81. The molecule has 0 saturated heterocycles. The van der Waals surface area contributed by atoms with Gasteiger partial charge in [0.25, 0.3) is 0 Å². The van der Waals surface area contributed by atoms with Crippen molar-refractivity contribution in [2.45, 2.75) is 20.8 Å². The van der Waals surface area contributed by atoms with Gasteiger partial charge in [0, 0.05) is 21.6 Å². The van der Waals surface area contributed by atoms with Gasteiger partial charge >= 0.3 is 0 Å². The second-order valence-corrected chi connectivity index (χ2v) is 9.77. The van der Waals surface area contributed by atoms with Crippen LogP contribution in [0.25, 0.3) is 0 Å². The largest absolute Gasteiger partial charge is 0.492 e. The topological polar surface area (TPSA) is 43.4 Å². The van der Waals surface area contributed by atoms with E-state index in [1.165, 1.54) is 0 Å². The van der Waals surface area contributed by atoms with Crippen LogP contribution < -0.4 is 4.74 Å². The molecule has 0 heterocycles. The van der Waals surface area contributed by atoms with Crippen molar-refractivity contribution in [3.05, 3.63) is 27.7 Å². The van der Waals surface area contributed by atoms with Crippen molar-refractivity contribution >= 4 is 47.3 Å². The maximum absolute atomic E-state index is 11.3. The minimum atomic E-state index is -3.57. The summed E-state index contributed by atoms with van der Waals surface area (Å²) in [6, 6.07) is 5.18. The average Bonchev–Trinajstić information content (AvgIpc) is 2.23. The van der Waals surface area contributed by atoms with Gasteiger partial charge in [-0.2, -0.15) is 0 Å². The number of hydrogen-bond donors (Lipinski definition) is 0. The van der Waals surface area contributed by atoms with Crippen molar-refractivity contribution in [3.63, 3.8) is 0 Å². The van der Waals surface area contributed by atoms with E-state index in [0.717, 1.165) is 4.47 Å². The molecule has 0 aromatic heterocycles. The minimum absolute atomic E-state index is 0.122. The lowest BCUT2D eigenvalue weighted by Gasteiger charge is -2.29. The molecule has 0 spiro atoms. The first-order valence-corrected chi connectivity index (χ1v) is 9.64. The number of halogens is 3. The van der Waals surface area contributed by atoms with Crippen molar-refractivity contribution in [2.75, 3.05) is 12.4 Å². The molecule has 20 heavy (non-hydrogen) atoms. The molecule has 0 aliphatic carbocycles. The Kier molecular flexibility index (Phi) is 6.20. The lowest BCUT2D eigenvalue weighted by Crippen LogP contribution is -2.31. The highest BCUT2D eigenvalue weighted by atomic mass is 79.9. The summed E-state index contributed by atoms with van der Waals surface area (Å²) in [5, 5.41) is 0.597. The lowest BCUT2D eigenvalue weighted by molar-refractivity contribution is 0.163. The van der Waals surface area contributed by atoms with E-state index in [1.54, 1.807) is 18.2 Å². The first-order valence-electron chi connectivity index (χ1n) is 5.99. The second kappa shape index (κ2) is 6.86. The molecule has 1 unspecified atom stereocenters.